The van der Waals surface area contributed by atoms with Crippen LogP contribution in [0.15, 0.2) is 5.38 Å². The summed E-state index contributed by atoms with van der Waals surface area (Å²) in [5.41, 5.74) is -0.443. The molecule has 88 valence electrons. The van der Waals surface area contributed by atoms with E-state index in [9.17, 15) is 9.59 Å². The third kappa shape index (κ3) is 3.62. The zero-order valence-electron chi connectivity index (χ0n) is 9.40. The number of aryl methyl sites for hydroxylation is 1. The SMILES string of the molecule is Cc1nc(C(=O)NC(C)(C)CC(=O)O)cs1. The lowest BCUT2D eigenvalue weighted by Crippen LogP contribution is -2.45. The third-order valence-electron chi connectivity index (χ3n) is 1.90. The zero-order valence-corrected chi connectivity index (χ0v) is 10.2. The molecule has 0 aromatic carbocycles. The van der Waals surface area contributed by atoms with Crippen LogP contribution in [0, 0.1) is 6.92 Å². The summed E-state index contributed by atoms with van der Waals surface area (Å²) in [4.78, 5) is 26.3. The van der Waals surface area contributed by atoms with Crippen molar-refractivity contribution in [1.82, 2.24) is 10.3 Å². The van der Waals surface area contributed by atoms with Crippen molar-refractivity contribution in [3.8, 4) is 0 Å². The van der Waals surface area contributed by atoms with Crippen molar-refractivity contribution in [3.63, 3.8) is 0 Å². The molecule has 0 radical (unpaired) electrons. The predicted molar refractivity (Wildman–Crippen MR) is 60.6 cm³/mol. The van der Waals surface area contributed by atoms with Crippen LogP contribution in [0.1, 0.15) is 35.8 Å². The Hall–Kier alpha value is -1.43. The van der Waals surface area contributed by atoms with Crippen LogP contribution in [0.3, 0.4) is 0 Å². The molecule has 0 bridgehead atoms. The van der Waals surface area contributed by atoms with Crippen molar-refractivity contribution in [1.29, 1.82) is 0 Å². The number of carbonyl (C=O) groups is 2. The minimum Gasteiger partial charge on any atom is -0.481 e. The summed E-state index contributed by atoms with van der Waals surface area (Å²) in [6, 6.07) is 0. The van der Waals surface area contributed by atoms with E-state index in [1.807, 2.05) is 6.92 Å². The van der Waals surface area contributed by atoms with Gasteiger partial charge < -0.3 is 10.4 Å². The van der Waals surface area contributed by atoms with Gasteiger partial charge in [-0.3, -0.25) is 9.59 Å². The Kier molecular flexibility index (Phi) is 3.64. The van der Waals surface area contributed by atoms with Gasteiger partial charge in [0.1, 0.15) is 5.69 Å². The van der Waals surface area contributed by atoms with Gasteiger partial charge in [0.2, 0.25) is 0 Å². The van der Waals surface area contributed by atoms with E-state index in [2.05, 4.69) is 10.3 Å². The van der Waals surface area contributed by atoms with Crippen molar-refractivity contribution in [2.45, 2.75) is 32.7 Å². The molecule has 0 unspecified atom stereocenters. The quantitative estimate of drug-likeness (QED) is 0.837. The van der Waals surface area contributed by atoms with Gasteiger partial charge >= 0.3 is 5.97 Å². The van der Waals surface area contributed by atoms with E-state index >= 15 is 0 Å². The number of nitrogens with zero attached hydrogens (tertiary/aromatic N) is 1. The first kappa shape index (κ1) is 12.6. The second kappa shape index (κ2) is 4.61. The smallest absolute Gasteiger partial charge is 0.305 e. The molecular formula is C10H14N2O3S. The van der Waals surface area contributed by atoms with Gasteiger partial charge in [-0.05, 0) is 20.8 Å². The highest BCUT2D eigenvalue weighted by molar-refractivity contribution is 7.09. The summed E-state index contributed by atoms with van der Waals surface area (Å²) in [6.45, 7) is 5.14. The molecule has 1 rings (SSSR count). The summed E-state index contributed by atoms with van der Waals surface area (Å²) in [6.07, 6.45) is -0.123. The van der Waals surface area contributed by atoms with Crippen molar-refractivity contribution >= 4 is 23.2 Å². The van der Waals surface area contributed by atoms with E-state index in [4.69, 9.17) is 5.11 Å². The molecule has 1 aromatic rings. The van der Waals surface area contributed by atoms with E-state index < -0.39 is 11.5 Å². The number of amides is 1. The first-order chi connectivity index (χ1) is 7.30. The van der Waals surface area contributed by atoms with E-state index in [1.54, 1.807) is 19.2 Å². The van der Waals surface area contributed by atoms with E-state index in [-0.39, 0.29) is 12.3 Å². The van der Waals surface area contributed by atoms with Crippen LogP contribution in [-0.2, 0) is 4.79 Å². The molecule has 1 aromatic heterocycles. The molecule has 0 aliphatic carbocycles. The molecule has 2 N–H and O–H groups in total. The molecule has 0 fully saturated rings. The number of aliphatic carboxylic acids is 1. The van der Waals surface area contributed by atoms with Gasteiger partial charge in [0.05, 0.1) is 11.4 Å². The molecule has 0 aliphatic rings. The summed E-state index contributed by atoms with van der Waals surface area (Å²) in [5, 5.41) is 13.8. The maximum absolute atomic E-state index is 11.7. The standard InChI is InChI=1S/C10H14N2O3S/c1-6-11-7(5-16-6)9(15)12-10(2,3)4-8(13)14/h5H,4H2,1-3H3,(H,12,15)(H,13,14). The normalized spacial score (nSPS) is 11.2. The highest BCUT2D eigenvalue weighted by atomic mass is 32.1. The van der Waals surface area contributed by atoms with Crippen molar-refractivity contribution < 1.29 is 14.7 Å². The Morgan fingerprint density at radius 1 is 1.56 bits per heavy atom. The molecule has 0 aliphatic heterocycles. The highest BCUT2D eigenvalue weighted by Gasteiger charge is 2.25. The zero-order chi connectivity index (χ0) is 12.3. The number of carboxylic acid groups (broad SMARTS) is 1. The number of hydrogen-bond donors (Lipinski definition) is 2. The molecule has 5 nitrogen and oxygen atoms in total. The fourth-order valence-electron chi connectivity index (χ4n) is 1.26. The lowest BCUT2D eigenvalue weighted by atomic mass is 10.0. The fourth-order valence-corrected chi connectivity index (χ4v) is 1.85. The highest BCUT2D eigenvalue weighted by Crippen LogP contribution is 2.12. The molecule has 0 atom stereocenters. The summed E-state index contributed by atoms with van der Waals surface area (Å²) in [5.74, 6) is -1.28. The van der Waals surface area contributed by atoms with Crippen LogP contribution in [-0.4, -0.2) is 27.5 Å². The van der Waals surface area contributed by atoms with Crippen LogP contribution < -0.4 is 5.32 Å². The van der Waals surface area contributed by atoms with E-state index in [0.29, 0.717) is 5.69 Å². The molecule has 0 spiro atoms. The van der Waals surface area contributed by atoms with Gasteiger partial charge in [-0.25, -0.2) is 4.98 Å². The van der Waals surface area contributed by atoms with Gasteiger partial charge in [-0.2, -0.15) is 0 Å². The van der Waals surface area contributed by atoms with E-state index in [0.717, 1.165) is 5.01 Å². The molecular weight excluding hydrogens is 228 g/mol. The number of nitrogens with one attached hydrogen (secondary N) is 1. The van der Waals surface area contributed by atoms with Crippen LogP contribution in [0.2, 0.25) is 0 Å². The number of hydrogen-bond acceptors (Lipinski definition) is 4. The Morgan fingerprint density at radius 3 is 2.62 bits per heavy atom. The fraction of sp³-hybridized carbons (Fsp3) is 0.500. The molecule has 6 heteroatoms. The predicted octanol–water partition coefficient (Wildman–Crippen LogP) is 1.43. The minimum atomic E-state index is -0.945. The summed E-state index contributed by atoms with van der Waals surface area (Å²) >= 11 is 1.38. The number of carboxylic acids is 1. The average molecular weight is 242 g/mol. The first-order valence-electron chi connectivity index (χ1n) is 4.76. The second-order valence-corrected chi connectivity index (χ2v) is 5.22. The topological polar surface area (TPSA) is 79.3 Å². The number of thiazole rings is 1. The van der Waals surface area contributed by atoms with Crippen molar-refractivity contribution in [2.75, 3.05) is 0 Å². The number of rotatable bonds is 4. The lowest BCUT2D eigenvalue weighted by molar-refractivity contribution is -0.138. The molecule has 16 heavy (non-hydrogen) atoms. The van der Waals surface area contributed by atoms with Crippen molar-refractivity contribution in [2.24, 2.45) is 0 Å². The lowest BCUT2D eigenvalue weighted by Gasteiger charge is -2.23. The maximum Gasteiger partial charge on any atom is 0.305 e. The van der Waals surface area contributed by atoms with Crippen LogP contribution in [0.5, 0.6) is 0 Å². The van der Waals surface area contributed by atoms with Gasteiger partial charge in [0.15, 0.2) is 0 Å². The first-order valence-corrected chi connectivity index (χ1v) is 5.64. The monoisotopic (exact) mass is 242 g/mol. The number of carbonyl (C=O) groups excluding carboxylic acids is 1. The van der Waals surface area contributed by atoms with Gasteiger partial charge in [0, 0.05) is 10.9 Å². The minimum absolute atomic E-state index is 0.123. The van der Waals surface area contributed by atoms with Crippen LogP contribution in [0.4, 0.5) is 0 Å². The van der Waals surface area contributed by atoms with E-state index in [1.165, 1.54) is 11.3 Å². The summed E-state index contributed by atoms with van der Waals surface area (Å²) in [7, 11) is 0. The van der Waals surface area contributed by atoms with Crippen LogP contribution >= 0.6 is 11.3 Å². The maximum atomic E-state index is 11.7. The summed E-state index contributed by atoms with van der Waals surface area (Å²) < 4.78 is 0. The Morgan fingerprint density at radius 2 is 2.19 bits per heavy atom. The number of aromatic nitrogens is 1. The second-order valence-electron chi connectivity index (χ2n) is 4.16. The largest absolute Gasteiger partial charge is 0.481 e. The molecule has 1 amide bonds. The van der Waals surface area contributed by atoms with Gasteiger partial charge in [0.25, 0.3) is 5.91 Å². The Balaban J connectivity index is 2.67. The Bertz CT molecular complexity index is 412. The molecule has 0 saturated carbocycles. The third-order valence-corrected chi connectivity index (χ3v) is 2.67. The van der Waals surface area contributed by atoms with Gasteiger partial charge in [-0.15, -0.1) is 11.3 Å². The molecule has 0 saturated heterocycles. The van der Waals surface area contributed by atoms with Crippen LogP contribution in [0.25, 0.3) is 0 Å². The molecule has 1 heterocycles. The van der Waals surface area contributed by atoms with Gasteiger partial charge in [-0.1, -0.05) is 0 Å². The van der Waals surface area contributed by atoms with Crippen molar-refractivity contribution in [3.05, 3.63) is 16.1 Å². The Labute approximate surface area is 97.5 Å². The average Bonchev–Trinajstić information content (AvgIpc) is 2.47.